The van der Waals surface area contributed by atoms with E-state index in [0.29, 0.717) is 13.1 Å². The molecule has 1 rings (SSSR count). The summed E-state index contributed by atoms with van der Waals surface area (Å²) in [6, 6.07) is 3.32. The van der Waals surface area contributed by atoms with Crippen molar-refractivity contribution in [3.8, 4) is 0 Å². The predicted molar refractivity (Wildman–Crippen MR) is 53.5 cm³/mol. The van der Waals surface area contributed by atoms with E-state index in [2.05, 4.69) is 5.32 Å². The van der Waals surface area contributed by atoms with Gasteiger partial charge in [0.25, 0.3) is 5.92 Å². The molecule has 0 saturated carbocycles. The largest absolute Gasteiger partial charge is 0.381 e. The fourth-order valence-electron chi connectivity index (χ4n) is 1.14. The topological polar surface area (TPSA) is 38.0 Å². The van der Waals surface area contributed by atoms with Gasteiger partial charge in [-0.2, -0.15) is 0 Å². The molecule has 0 fully saturated rings. The Balaban J connectivity index is 2.88. The molecule has 2 nitrogen and oxygen atoms in total. The first kappa shape index (κ1) is 11.8. The lowest BCUT2D eigenvalue weighted by Gasteiger charge is -2.12. The average Bonchev–Trinajstić information content (AvgIpc) is 2.14. The van der Waals surface area contributed by atoms with Crippen molar-refractivity contribution in [3.05, 3.63) is 29.6 Å². The Hall–Kier alpha value is -1.23. The van der Waals surface area contributed by atoms with Gasteiger partial charge < -0.3 is 11.1 Å². The monoisotopic (exact) mass is 218 g/mol. The maximum absolute atomic E-state index is 13.3. The first-order valence-electron chi connectivity index (χ1n) is 4.57. The second kappa shape index (κ2) is 4.53. The van der Waals surface area contributed by atoms with Crippen molar-refractivity contribution in [1.29, 1.82) is 0 Å². The number of hydrogen-bond donors (Lipinski definition) is 2. The lowest BCUT2D eigenvalue weighted by Crippen LogP contribution is -2.14. The summed E-state index contributed by atoms with van der Waals surface area (Å²) >= 11 is 0. The Morgan fingerprint density at radius 1 is 1.40 bits per heavy atom. The minimum Gasteiger partial charge on any atom is -0.381 e. The van der Waals surface area contributed by atoms with Crippen LogP contribution in [0, 0.1) is 5.82 Å². The van der Waals surface area contributed by atoms with Crippen LogP contribution >= 0.6 is 0 Å². The summed E-state index contributed by atoms with van der Waals surface area (Å²) in [5, 5.41) is 2.70. The molecule has 0 atom stereocenters. The molecule has 5 heteroatoms. The van der Waals surface area contributed by atoms with E-state index < -0.39 is 11.7 Å². The van der Waals surface area contributed by atoms with Crippen molar-refractivity contribution in [3.63, 3.8) is 0 Å². The van der Waals surface area contributed by atoms with E-state index >= 15 is 0 Å². The zero-order valence-electron chi connectivity index (χ0n) is 8.36. The summed E-state index contributed by atoms with van der Waals surface area (Å²) < 4.78 is 38.9. The van der Waals surface area contributed by atoms with E-state index in [1.165, 1.54) is 12.1 Å². The van der Waals surface area contributed by atoms with Crippen LogP contribution in [-0.4, -0.2) is 13.1 Å². The van der Waals surface area contributed by atoms with Crippen LogP contribution in [0.5, 0.6) is 0 Å². The summed E-state index contributed by atoms with van der Waals surface area (Å²) in [5.74, 6) is -3.71. The van der Waals surface area contributed by atoms with Gasteiger partial charge in [0.2, 0.25) is 0 Å². The van der Waals surface area contributed by atoms with E-state index in [4.69, 9.17) is 5.73 Å². The predicted octanol–water partition coefficient (Wildman–Crippen LogP) is 2.31. The molecule has 84 valence electrons. The van der Waals surface area contributed by atoms with E-state index in [9.17, 15) is 13.2 Å². The molecule has 0 unspecified atom stereocenters. The van der Waals surface area contributed by atoms with Crippen molar-refractivity contribution in [1.82, 2.24) is 0 Å². The second-order valence-corrected chi connectivity index (χ2v) is 3.30. The first-order valence-corrected chi connectivity index (χ1v) is 4.57. The maximum Gasteiger partial charge on any atom is 0.270 e. The molecule has 0 radical (unpaired) electrons. The Morgan fingerprint density at radius 2 is 2.07 bits per heavy atom. The summed E-state index contributed by atoms with van der Waals surface area (Å²) in [7, 11) is 0. The normalized spacial score (nSPS) is 11.5. The summed E-state index contributed by atoms with van der Waals surface area (Å²) in [6.45, 7) is 1.48. The van der Waals surface area contributed by atoms with Gasteiger partial charge >= 0.3 is 0 Å². The molecule has 1 aromatic carbocycles. The number of hydrogen-bond acceptors (Lipinski definition) is 2. The maximum atomic E-state index is 13.3. The van der Waals surface area contributed by atoms with Crippen LogP contribution < -0.4 is 11.1 Å². The molecule has 3 N–H and O–H groups in total. The van der Waals surface area contributed by atoms with Crippen molar-refractivity contribution >= 4 is 5.69 Å². The number of rotatable bonds is 4. The van der Waals surface area contributed by atoms with Gasteiger partial charge in [0.05, 0.1) is 5.69 Å². The van der Waals surface area contributed by atoms with Crippen LogP contribution in [-0.2, 0) is 5.92 Å². The Morgan fingerprint density at radius 3 is 2.53 bits per heavy atom. The van der Waals surface area contributed by atoms with Crippen molar-refractivity contribution in [2.24, 2.45) is 5.73 Å². The van der Waals surface area contributed by atoms with Gasteiger partial charge in [0, 0.05) is 25.6 Å². The summed E-state index contributed by atoms with van der Waals surface area (Å²) in [4.78, 5) is 0. The Kier molecular flexibility index (Phi) is 3.57. The molecular weight excluding hydrogens is 205 g/mol. The molecular formula is C10H13F3N2. The highest BCUT2D eigenvalue weighted by atomic mass is 19.3. The zero-order chi connectivity index (χ0) is 11.5. The van der Waals surface area contributed by atoms with Crippen LogP contribution in [0.4, 0.5) is 18.9 Å². The van der Waals surface area contributed by atoms with E-state index in [-0.39, 0.29) is 11.3 Å². The molecule has 0 saturated heterocycles. The van der Waals surface area contributed by atoms with Crippen molar-refractivity contribution in [2.75, 3.05) is 18.4 Å². The summed E-state index contributed by atoms with van der Waals surface area (Å²) in [5.41, 5.74) is 5.07. The average molecular weight is 218 g/mol. The lowest BCUT2D eigenvalue weighted by molar-refractivity contribution is 0.0172. The third-order valence-electron chi connectivity index (χ3n) is 1.94. The summed E-state index contributed by atoms with van der Waals surface area (Å²) in [6.07, 6.45) is 0. The van der Waals surface area contributed by atoms with Gasteiger partial charge in [-0.05, 0) is 12.1 Å². The number of halogens is 3. The number of alkyl halides is 2. The quantitative estimate of drug-likeness (QED) is 0.813. The molecule has 0 amide bonds. The van der Waals surface area contributed by atoms with Crippen molar-refractivity contribution < 1.29 is 13.2 Å². The van der Waals surface area contributed by atoms with Gasteiger partial charge in [0.15, 0.2) is 0 Å². The van der Waals surface area contributed by atoms with Gasteiger partial charge in [-0.25, -0.2) is 13.2 Å². The van der Waals surface area contributed by atoms with Gasteiger partial charge in [-0.15, -0.1) is 0 Å². The van der Waals surface area contributed by atoms with E-state index in [1.807, 2.05) is 0 Å². The molecule has 0 spiro atoms. The number of nitrogens with one attached hydrogen (secondary N) is 1. The van der Waals surface area contributed by atoms with Gasteiger partial charge in [0.1, 0.15) is 5.82 Å². The van der Waals surface area contributed by atoms with Crippen LogP contribution in [0.25, 0.3) is 0 Å². The van der Waals surface area contributed by atoms with E-state index in [0.717, 1.165) is 13.0 Å². The third kappa shape index (κ3) is 3.13. The molecule has 0 heterocycles. The highest BCUT2D eigenvalue weighted by Crippen LogP contribution is 2.29. The SMILES string of the molecule is CC(F)(F)c1ccc(NCCN)c(F)c1. The van der Waals surface area contributed by atoms with Crippen LogP contribution in [0.3, 0.4) is 0 Å². The Bertz CT molecular complexity index is 334. The Labute approximate surface area is 86.3 Å². The van der Waals surface area contributed by atoms with Crippen LogP contribution in [0.15, 0.2) is 18.2 Å². The first-order chi connectivity index (χ1) is 6.95. The molecule has 1 aromatic rings. The molecule has 0 aliphatic rings. The number of nitrogens with two attached hydrogens (primary N) is 1. The molecule has 0 aliphatic carbocycles. The fourth-order valence-corrected chi connectivity index (χ4v) is 1.14. The molecule has 15 heavy (non-hydrogen) atoms. The van der Waals surface area contributed by atoms with Crippen LogP contribution in [0.1, 0.15) is 12.5 Å². The van der Waals surface area contributed by atoms with Gasteiger partial charge in [-0.1, -0.05) is 6.07 Å². The minimum absolute atomic E-state index is 0.188. The van der Waals surface area contributed by atoms with E-state index in [1.54, 1.807) is 0 Å². The van der Waals surface area contributed by atoms with Crippen molar-refractivity contribution in [2.45, 2.75) is 12.8 Å². The fraction of sp³-hybridized carbons (Fsp3) is 0.400. The molecule has 0 bridgehead atoms. The lowest BCUT2D eigenvalue weighted by atomic mass is 10.1. The van der Waals surface area contributed by atoms with Gasteiger partial charge in [-0.3, -0.25) is 0 Å². The standard InChI is InChI=1S/C10H13F3N2/c1-10(12,13)7-2-3-9(8(11)6-7)15-5-4-14/h2-3,6,15H,4-5,14H2,1H3. The smallest absolute Gasteiger partial charge is 0.270 e. The molecule has 0 aromatic heterocycles. The second-order valence-electron chi connectivity index (χ2n) is 3.30. The highest BCUT2D eigenvalue weighted by Gasteiger charge is 2.25. The molecule has 0 aliphatic heterocycles. The number of benzene rings is 1. The number of anilines is 1. The minimum atomic E-state index is -3.02. The zero-order valence-corrected chi connectivity index (χ0v) is 8.36. The third-order valence-corrected chi connectivity index (χ3v) is 1.94. The van der Waals surface area contributed by atoms with Crippen LogP contribution in [0.2, 0.25) is 0 Å². The highest BCUT2D eigenvalue weighted by molar-refractivity contribution is 5.47.